The number of rotatable bonds is 2. The van der Waals surface area contributed by atoms with Crippen molar-refractivity contribution in [3.63, 3.8) is 0 Å². The third kappa shape index (κ3) is 2.17. The lowest BCUT2D eigenvalue weighted by Gasteiger charge is -2.14. The van der Waals surface area contributed by atoms with Crippen LogP contribution in [0.1, 0.15) is 11.1 Å². The van der Waals surface area contributed by atoms with Gasteiger partial charge in [-0.2, -0.15) is 0 Å². The molecular weight excluding hydrogens is 232 g/mol. The molecule has 0 atom stereocenters. The molecule has 2 heteroatoms. The van der Waals surface area contributed by atoms with Crippen LogP contribution in [0.4, 0.5) is 11.4 Å². The predicted octanol–water partition coefficient (Wildman–Crippen LogP) is 4.60. The van der Waals surface area contributed by atoms with Crippen LogP contribution in [0.25, 0.3) is 10.8 Å². The average Bonchev–Trinajstić information content (AvgIpc) is 2.46. The summed E-state index contributed by atoms with van der Waals surface area (Å²) in [6.07, 6.45) is 3.78. The Bertz CT molecular complexity index is 718. The molecule has 0 aliphatic heterocycles. The standard InChI is InChI=1S/C17H16N2/c1-12-10-17(19-14-6-4-3-5-7-14)13(2)15-8-9-18-11-16(12)15/h3-11,19H,1-2H3. The fourth-order valence-electron chi connectivity index (χ4n) is 2.39. The lowest BCUT2D eigenvalue weighted by atomic mass is 10.0. The Labute approximate surface area is 113 Å². The molecule has 1 aromatic heterocycles. The number of hydrogen-bond acceptors (Lipinski definition) is 2. The first kappa shape index (κ1) is 11.7. The van der Waals surface area contributed by atoms with E-state index in [2.05, 4.69) is 48.4 Å². The summed E-state index contributed by atoms with van der Waals surface area (Å²) < 4.78 is 0. The number of pyridine rings is 1. The van der Waals surface area contributed by atoms with E-state index in [-0.39, 0.29) is 0 Å². The highest BCUT2D eigenvalue weighted by Crippen LogP contribution is 2.30. The molecule has 0 fully saturated rings. The molecule has 0 spiro atoms. The maximum atomic E-state index is 4.21. The number of anilines is 2. The van der Waals surface area contributed by atoms with Crippen LogP contribution in [0, 0.1) is 13.8 Å². The molecule has 1 N–H and O–H groups in total. The summed E-state index contributed by atoms with van der Waals surface area (Å²) in [4.78, 5) is 4.21. The van der Waals surface area contributed by atoms with E-state index in [1.807, 2.05) is 30.6 Å². The van der Waals surface area contributed by atoms with Gasteiger partial charge in [-0.3, -0.25) is 4.98 Å². The van der Waals surface area contributed by atoms with E-state index in [1.54, 1.807) is 0 Å². The largest absolute Gasteiger partial charge is 0.355 e. The Morgan fingerprint density at radius 3 is 2.53 bits per heavy atom. The zero-order valence-electron chi connectivity index (χ0n) is 11.1. The molecule has 0 radical (unpaired) electrons. The van der Waals surface area contributed by atoms with E-state index in [0.29, 0.717) is 0 Å². The van der Waals surface area contributed by atoms with Gasteiger partial charge in [0.2, 0.25) is 0 Å². The van der Waals surface area contributed by atoms with Crippen LogP contribution in [0.3, 0.4) is 0 Å². The maximum absolute atomic E-state index is 4.21. The van der Waals surface area contributed by atoms with Crippen molar-refractivity contribution in [3.8, 4) is 0 Å². The molecule has 0 unspecified atom stereocenters. The Kier molecular flexibility index (Phi) is 2.92. The van der Waals surface area contributed by atoms with Gasteiger partial charge in [-0.15, -0.1) is 0 Å². The topological polar surface area (TPSA) is 24.9 Å². The summed E-state index contributed by atoms with van der Waals surface area (Å²) in [5.41, 5.74) is 4.76. The van der Waals surface area contributed by atoms with Crippen LogP contribution < -0.4 is 5.32 Å². The van der Waals surface area contributed by atoms with Crippen molar-refractivity contribution in [3.05, 3.63) is 66.0 Å². The zero-order chi connectivity index (χ0) is 13.2. The summed E-state index contributed by atoms with van der Waals surface area (Å²) in [5.74, 6) is 0. The zero-order valence-corrected chi connectivity index (χ0v) is 11.1. The van der Waals surface area contributed by atoms with Crippen LogP contribution in [0.15, 0.2) is 54.9 Å². The fourth-order valence-corrected chi connectivity index (χ4v) is 2.39. The Hall–Kier alpha value is -2.35. The van der Waals surface area contributed by atoms with E-state index in [0.717, 1.165) is 11.4 Å². The van der Waals surface area contributed by atoms with E-state index >= 15 is 0 Å². The van der Waals surface area contributed by atoms with Crippen molar-refractivity contribution in [1.29, 1.82) is 0 Å². The van der Waals surface area contributed by atoms with E-state index in [1.165, 1.54) is 21.9 Å². The van der Waals surface area contributed by atoms with Crippen LogP contribution in [0.2, 0.25) is 0 Å². The first-order valence-electron chi connectivity index (χ1n) is 6.42. The lowest BCUT2D eigenvalue weighted by molar-refractivity contribution is 1.33. The molecule has 2 aromatic carbocycles. The fraction of sp³-hybridized carbons (Fsp3) is 0.118. The third-order valence-corrected chi connectivity index (χ3v) is 3.47. The van der Waals surface area contributed by atoms with Crippen molar-refractivity contribution in [1.82, 2.24) is 4.98 Å². The normalized spacial score (nSPS) is 10.6. The molecule has 0 saturated heterocycles. The minimum atomic E-state index is 1.11. The quantitative estimate of drug-likeness (QED) is 0.717. The van der Waals surface area contributed by atoms with Crippen molar-refractivity contribution in [2.24, 2.45) is 0 Å². The SMILES string of the molecule is Cc1cc(Nc2ccccc2)c(C)c2ccncc12. The van der Waals surface area contributed by atoms with Crippen molar-refractivity contribution >= 4 is 22.1 Å². The smallest absolute Gasteiger partial charge is 0.0423 e. The highest BCUT2D eigenvalue weighted by Gasteiger charge is 2.06. The van der Waals surface area contributed by atoms with Crippen LogP contribution >= 0.6 is 0 Å². The van der Waals surface area contributed by atoms with Gasteiger partial charge in [0.15, 0.2) is 0 Å². The number of nitrogens with zero attached hydrogens (tertiary/aromatic N) is 1. The first-order valence-corrected chi connectivity index (χ1v) is 6.42. The molecule has 0 saturated carbocycles. The van der Waals surface area contributed by atoms with Gasteiger partial charge in [0, 0.05) is 29.2 Å². The second kappa shape index (κ2) is 4.73. The van der Waals surface area contributed by atoms with Crippen molar-refractivity contribution in [2.45, 2.75) is 13.8 Å². The number of aryl methyl sites for hydroxylation is 2. The van der Waals surface area contributed by atoms with Gasteiger partial charge in [-0.1, -0.05) is 18.2 Å². The second-order valence-electron chi connectivity index (χ2n) is 4.78. The van der Waals surface area contributed by atoms with Gasteiger partial charge in [0.25, 0.3) is 0 Å². The monoisotopic (exact) mass is 248 g/mol. The molecule has 3 aromatic rings. The van der Waals surface area contributed by atoms with Gasteiger partial charge in [-0.05, 0) is 54.6 Å². The average molecular weight is 248 g/mol. The lowest BCUT2D eigenvalue weighted by Crippen LogP contribution is -1.95. The van der Waals surface area contributed by atoms with E-state index in [4.69, 9.17) is 0 Å². The minimum absolute atomic E-state index is 1.11. The molecule has 0 aliphatic rings. The number of para-hydroxylation sites is 1. The Morgan fingerprint density at radius 1 is 0.947 bits per heavy atom. The first-order chi connectivity index (χ1) is 9.25. The number of fused-ring (bicyclic) bond motifs is 1. The van der Waals surface area contributed by atoms with Gasteiger partial charge >= 0.3 is 0 Å². The number of hydrogen-bond donors (Lipinski definition) is 1. The van der Waals surface area contributed by atoms with Crippen LogP contribution in [-0.4, -0.2) is 4.98 Å². The van der Waals surface area contributed by atoms with Crippen LogP contribution in [-0.2, 0) is 0 Å². The Morgan fingerprint density at radius 2 is 1.74 bits per heavy atom. The number of nitrogens with one attached hydrogen (secondary N) is 1. The summed E-state index contributed by atoms with van der Waals surface area (Å²) in [6.45, 7) is 4.27. The van der Waals surface area contributed by atoms with Crippen molar-refractivity contribution in [2.75, 3.05) is 5.32 Å². The third-order valence-electron chi connectivity index (χ3n) is 3.47. The van der Waals surface area contributed by atoms with Crippen molar-refractivity contribution < 1.29 is 0 Å². The molecule has 0 amide bonds. The van der Waals surface area contributed by atoms with Gasteiger partial charge < -0.3 is 5.32 Å². The molecule has 3 rings (SSSR count). The minimum Gasteiger partial charge on any atom is -0.355 e. The van der Waals surface area contributed by atoms with E-state index < -0.39 is 0 Å². The summed E-state index contributed by atoms with van der Waals surface area (Å²) >= 11 is 0. The molecule has 0 aliphatic carbocycles. The van der Waals surface area contributed by atoms with Gasteiger partial charge in [0.1, 0.15) is 0 Å². The summed E-state index contributed by atoms with van der Waals surface area (Å²) in [6, 6.07) is 14.5. The highest BCUT2D eigenvalue weighted by atomic mass is 14.9. The molecule has 94 valence electrons. The summed E-state index contributed by atoms with van der Waals surface area (Å²) in [7, 11) is 0. The highest BCUT2D eigenvalue weighted by molar-refractivity contribution is 5.92. The Balaban J connectivity index is 2.12. The maximum Gasteiger partial charge on any atom is 0.0423 e. The van der Waals surface area contributed by atoms with Gasteiger partial charge in [-0.25, -0.2) is 0 Å². The predicted molar refractivity (Wildman–Crippen MR) is 80.9 cm³/mol. The number of benzene rings is 2. The number of aromatic nitrogens is 1. The van der Waals surface area contributed by atoms with E-state index in [9.17, 15) is 0 Å². The molecule has 2 nitrogen and oxygen atoms in total. The summed E-state index contributed by atoms with van der Waals surface area (Å²) in [5, 5.41) is 5.96. The molecule has 1 heterocycles. The van der Waals surface area contributed by atoms with Crippen LogP contribution in [0.5, 0.6) is 0 Å². The second-order valence-corrected chi connectivity index (χ2v) is 4.78. The van der Waals surface area contributed by atoms with Gasteiger partial charge in [0.05, 0.1) is 0 Å². The molecule has 0 bridgehead atoms. The molecule has 19 heavy (non-hydrogen) atoms. The molecular formula is C17H16N2.